The summed E-state index contributed by atoms with van der Waals surface area (Å²) in [7, 11) is 0. The van der Waals surface area contributed by atoms with E-state index in [0.29, 0.717) is 28.3 Å². The van der Waals surface area contributed by atoms with Gasteiger partial charge in [0.2, 0.25) is 0 Å². The number of aliphatic hydroxyl groups is 1. The van der Waals surface area contributed by atoms with Crippen molar-refractivity contribution >= 4 is 17.8 Å². The lowest BCUT2D eigenvalue weighted by Gasteiger charge is -2.09. The lowest BCUT2D eigenvalue weighted by molar-refractivity contribution is -0.140. The first-order chi connectivity index (χ1) is 15.3. The Morgan fingerprint density at radius 2 is 1.91 bits per heavy atom. The van der Waals surface area contributed by atoms with E-state index in [-0.39, 0.29) is 18.2 Å². The molecule has 3 rings (SSSR count). The Hall–Kier alpha value is -3.72. The van der Waals surface area contributed by atoms with Gasteiger partial charge < -0.3 is 10.2 Å². The van der Waals surface area contributed by atoms with Crippen molar-refractivity contribution < 1.29 is 24.2 Å². The molecule has 0 fully saturated rings. The number of hydrogen-bond donors (Lipinski definition) is 2. The molecule has 0 radical (unpaired) electrons. The van der Waals surface area contributed by atoms with Gasteiger partial charge in [0.05, 0.1) is 23.7 Å². The molecule has 0 aliphatic heterocycles. The molecule has 2 heterocycles. The molecule has 0 amide bonds. The molecule has 0 spiro atoms. The highest BCUT2D eigenvalue weighted by atomic mass is 19.1. The van der Waals surface area contributed by atoms with Gasteiger partial charge in [-0.3, -0.25) is 14.6 Å². The Bertz CT molecular complexity index is 1120. The van der Waals surface area contributed by atoms with Gasteiger partial charge >= 0.3 is 5.97 Å². The summed E-state index contributed by atoms with van der Waals surface area (Å²) in [6.45, 7) is 3.92. The summed E-state index contributed by atoms with van der Waals surface area (Å²) in [5.74, 6) is -1.74. The van der Waals surface area contributed by atoms with Crippen molar-refractivity contribution in [3.8, 4) is 17.1 Å². The standard InChI is InChI=1S/C23H23FN4O4/c1-14(2)22-19(8-7-17(29)11-18(30)12-21(31)32)23(15-3-5-16(24)6-4-15)28(27-22)20-13-25-9-10-26-20/h3-10,13-14,17,29H,11-12H2,1-2H3,(H,31,32)/b8-7+. The zero-order valence-corrected chi connectivity index (χ0v) is 17.6. The summed E-state index contributed by atoms with van der Waals surface area (Å²) in [5.41, 5.74) is 2.67. The predicted molar refractivity (Wildman–Crippen MR) is 116 cm³/mol. The first-order valence-electron chi connectivity index (χ1n) is 10.0. The van der Waals surface area contributed by atoms with Gasteiger partial charge in [-0.1, -0.05) is 26.0 Å². The number of aliphatic hydroxyl groups excluding tert-OH is 1. The molecule has 1 atom stereocenters. The van der Waals surface area contributed by atoms with Crippen LogP contribution in [0.3, 0.4) is 0 Å². The molecular formula is C23H23FN4O4. The molecule has 0 saturated heterocycles. The number of carboxylic acids is 1. The van der Waals surface area contributed by atoms with Crippen molar-refractivity contribution in [3.63, 3.8) is 0 Å². The van der Waals surface area contributed by atoms with Gasteiger partial charge in [0.15, 0.2) is 5.82 Å². The van der Waals surface area contributed by atoms with Crippen LogP contribution in [0, 0.1) is 5.82 Å². The molecule has 1 aromatic carbocycles. The summed E-state index contributed by atoms with van der Waals surface area (Å²) in [4.78, 5) is 30.8. The molecule has 32 heavy (non-hydrogen) atoms. The van der Waals surface area contributed by atoms with Crippen LogP contribution in [-0.2, 0) is 9.59 Å². The third-order valence-corrected chi connectivity index (χ3v) is 4.65. The summed E-state index contributed by atoms with van der Waals surface area (Å²) >= 11 is 0. The highest BCUT2D eigenvalue weighted by Crippen LogP contribution is 2.33. The number of ketones is 1. The Labute approximate surface area is 184 Å². The molecule has 8 nitrogen and oxygen atoms in total. The van der Waals surface area contributed by atoms with Gasteiger partial charge in [-0.25, -0.2) is 14.1 Å². The zero-order chi connectivity index (χ0) is 23.3. The van der Waals surface area contributed by atoms with Crippen LogP contribution < -0.4 is 0 Å². The molecule has 1 unspecified atom stereocenters. The molecule has 2 aromatic heterocycles. The van der Waals surface area contributed by atoms with Crippen LogP contribution in [0.2, 0.25) is 0 Å². The fourth-order valence-corrected chi connectivity index (χ4v) is 3.24. The van der Waals surface area contributed by atoms with Gasteiger partial charge in [-0.2, -0.15) is 5.10 Å². The number of rotatable bonds is 9. The third-order valence-electron chi connectivity index (χ3n) is 4.65. The molecule has 0 saturated carbocycles. The van der Waals surface area contributed by atoms with Crippen LogP contribution in [0.5, 0.6) is 0 Å². The SMILES string of the molecule is CC(C)c1nn(-c2cnccn2)c(-c2ccc(F)cc2)c1/C=C/C(O)CC(=O)CC(=O)O. The molecule has 2 N–H and O–H groups in total. The number of carboxylic acid groups (broad SMARTS) is 1. The molecule has 0 aliphatic rings. The Morgan fingerprint density at radius 3 is 2.50 bits per heavy atom. The van der Waals surface area contributed by atoms with E-state index in [4.69, 9.17) is 10.2 Å². The monoisotopic (exact) mass is 438 g/mol. The number of nitrogens with zero attached hydrogens (tertiary/aromatic N) is 4. The minimum absolute atomic E-state index is 0.00226. The van der Waals surface area contributed by atoms with Crippen molar-refractivity contribution in [1.82, 2.24) is 19.7 Å². The average molecular weight is 438 g/mol. The number of hydrogen-bond acceptors (Lipinski definition) is 6. The number of benzene rings is 1. The van der Waals surface area contributed by atoms with E-state index in [1.807, 2.05) is 13.8 Å². The van der Waals surface area contributed by atoms with Gasteiger partial charge in [-0.15, -0.1) is 0 Å². The van der Waals surface area contributed by atoms with E-state index in [1.54, 1.807) is 35.3 Å². The Kier molecular flexibility index (Phi) is 7.21. The zero-order valence-electron chi connectivity index (χ0n) is 17.6. The number of carbonyl (C=O) groups excluding carboxylic acids is 1. The largest absolute Gasteiger partial charge is 0.481 e. The first kappa shape index (κ1) is 23.0. The van der Waals surface area contributed by atoms with E-state index in [2.05, 4.69) is 9.97 Å². The number of aliphatic carboxylic acids is 1. The van der Waals surface area contributed by atoms with Crippen molar-refractivity contribution in [1.29, 1.82) is 0 Å². The maximum absolute atomic E-state index is 13.6. The van der Waals surface area contributed by atoms with Crippen LogP contribution in [0.4, 0.5) is 4.39 Å². The summed E-state index contributed by atoms with van der Waals surface area (Å²) < 4.78 is 15.2. The van der Waals surface area contributed by atoms with Crippen molar-refractivity contribution in [3.05, 3.63) is 66.0 Å². The highest BCUT2D eigenvalue weighted by Gasteiger charge is 2.22. The normalized spacial score (nSPS) is 12.4. The van der Waals surface area contributed by atoms with Gasteiger partial charge in [0.1, 0.15) is 18.0 Å². The number of aromatic nitrogens is 4. The highest BCUT2D eigenvalue weighted by molar-refractivity contribution is 5.95. The molecule has 3 aromatic rings. The fourth-order valence-electron chi connectivity index (χ4n) is 3.24. The van der Waals surface area contributed by atoms with Crippen LogP contribution in [0.15, 0.2) is 48.9 Å². The molecule has 0 bridgehead atoms. The lowest BCUT2D eigenvalue weighted by Crippen LogP contribution is -2.14. The molecule has 0 aliphatic carbocycles. The third kappa shape index (κ3) is 5.50. The maximum Gasteiger partial charge on any atom is 0.310 e. The lowest BCUT2D eigenvalue weighted by atomic mass is 9.99. The minimum atomic E-state index is -1.24. The van der Waals surface area contributed by atoms with Gasteiger partial charge in [0, 0.05) is 29.9 Å². The molecule has 9 heteroatoms. The minimum Gasteiger partial charge on any atom is -0.481 e. The van der Waals surface area contributed by atoms with Crippen molar-refractivity contribution in [2.24, 2.45) is 0 Å². The van der Waals surface area contributed by atoms with Crippen LogP contribution in [0.1, 0.15) is 43.9 Å². The van der Waals surface area contributed by atoms with E-state index in [9.17, 15) is 19.1 Å². The second kappa shape index (κ2) is 10.1. The predicted octanol–water partition coefficient (Wildman–Crippen LogP) is 3.40. The van der Waals surface area contributed by atoms with Crippen LogP contribution in [0.25, 0.3) is 23.2 Å². The van der Waals surface area contributed by atoms with E-state index in [1.165, 1.54) is 24.4 Å². The first-order valence-corrected chi connectivity index (χ1v) is 10.0. The fraction of sp³-hybridized carbons (Fsp3) is 0.261. The maximum atomic E-state index is 13.6. The number of Topliss-reactive ketones (excluding diaryl/α,β-unsaturated/α-hetero) is 1. The topological polar surface area (TPSA) is 118 Å². The molecular weight excluding hydrogens is 415 g/mol. The van der Waals surface area contributed by atoms with Gasteiger partial charge in [0.25, 0.3) is 0 Å². The molecule has 166 valence electrons. The van der Waals surface area contributed by atoms with E-state index in [0.717, 1.165) is 0 Å². The summed E-state index contributed by atoms with van der Waals surface area (Å²) in [5, 5.41) is 23.7. The van der Waals surface area contributed by atoms with E-state index < -0.39 is 24.3 Å². The quantitative estimate of drug-likeness (QED) is 0.492. The van der Waals surface area contributed by atoms with Crippen molar-refractivity contribution in [2.45, 2.75) is 38.7 Å². The Morgan fingerprint density at radius 1 is 1.19 bits per heavy atom. The van der Waals surface area contributed by atoms with E-state index >= 15 is 0 Å². The summed E-state index contributed by atoms with van der Waals surface area (Å²) in [6.07, 6.45) is 5.58. The van der Waals surface area contributed by atoms with Crippen LogP contribution >= 0.6 is 0 Å². The number of carbonyl (C=O) groups is 2. The van der Waals surface area contributed by atoms with Crippen molar-refractivity contribution in [2.75, 3.05) is 0 Å². The summed E-state index contributed by atoms with van der Waals surface area (Å²) in [6, 6.07) is 5.91. The Balaban J connectivity index is 2.09. The van der Waals surface area contributed by atoms with Crippen LogP contribution in [-0.4, -0.2) is 47.8 Å². The second-order valence-corrected chi connectivity index (χ2v) is 7.52. The smallest absolute Gasteiger partial charge is 0.310 e. The average Bonchev–Trinajstić information content (AvgIpc) is 3.12. The second-order valence-electron chi connectivity index (χ2n) is 7.52. The van der Waals surface area contributed by atoms with Gasteiger partial charge in [-0.05, 0) is 30.2 Å². The number of halogens is 1.